The van der Waals surface area contributed by atoms with E-state index in [1.807, 2.05) is 0 Å². The number of pyridine rings is 1. The topological polar surface area (TPSA) is 59.2 Å². The minimum Gasteiger partial charge on any atom is -0.462 e. The van der Waals surface area contributed by atoms with Crippen molar-refractivity contribution in [1.29, 1.82) is 0 Å². The summed E-state index contributed by atoms with van der Waals surface area (Å²) in [5.41, 5.74) is 3.55. The third kappa shape index (κ3) is 2.19. The predicted molar refractivity (Wildman–Crippen MR) is 75.9 cm³/mol. The molecule has 0 fully saturated rings. The monoisotopic (exact) mass is 273 g/mol. The number of hydrogen-bond acceptors (Lipinski definition) is 3. The van der Waals surface area contributed by atoms with E-state index in [1.54, 1.807) is 6.92 Å². The highest BCUT2D eigenvalue weighted by atomic mass is 16.5. The minimum atomic E-state index is -0.375. The average molecular weight is 273 g/mol. The zero-order chi connectivity index (χ0) is 14.3. The van der Waals surface area contributed by atoms with Crippen LogP contribution in [0.25, 0.3) is 0 Å². The fourth-order valence-corrected chi connectivity index (χ4v) is 3.63. The number of hydrogen-bond donors (Lipinski definition) is 1. The van der Waals surface area contributed by atoms with Crippen molar-refractivity contribution in [3.8, 4) is 0 Å². The molecule has 3 rings (SSSR count). The van der Waals surface area contributed by atoms with Crippen molar-refractivity contribution in [2.75, 3.05) is 6.61 Å². The molecule has 2 bridgehead atoms. The number of rotatable bonds is 2. The van der Waals surface area contributed by atoms with Crippen LogP contribution in [0.2, 0.25) is 0 Å². The summed E-state index contributed by atoms with van der Waals surface area (Å²) in [7, 11) is 0. The van der Waals surface area contributed by atoms with E-state index >= 15 is 0 Å². The summed E-state index contributed by atoms with van der Waals surface area (Å²) in [6, 6.07) is 1.39. The van der Waals surface area contributed by atoms with Crippen LogP contribution in [0.15, 0.2) is 22.5 Å². The van der Waals surface area contributed by atoms with Crippen LogP contribution in [0.3, 0.4) is 0 Å². The molecule has 0 aliphatic heterocycles. The zero-order valence-electron chi connectivity index (χ0n) is 11.9. The van der Waals surface area contributed by atoms with Crippen LogP contribution in [0, 0.1) is 5.92 Å². The molecular formula is C16H19NO3. The van der Waals surface area contributed by atoms with E-state index in [4.69, 9.17) is 4.74 Å². The number of ether oxygens (including phenoxy) is 1. The highest BCUT2D eigenvalue weighted by Gasteiger charge is 2.33. The van der Waals surface area contributed by atoms with Gasteiger partial charge in [-0.25, -0.2) is 4.79 Å². The van der Waals surface area contributed by atoms with Gasteiger partial charge in [-0.3, -0.25) is 4.79 Å². The lowest BCUT2D eigenvalue weighted by Crippen LogP contribution is -2.28. The third-order valence-corrected chi connectivity index (χ3v) is 4.21. The van der Waals surface area contributed by atoms with Gasteiger partial charge in [0.25, 0.3) is 0 Å². The molecule has 0 unspecified atom stereocenters. The van der Waals surface area contributed by atoms with Gasteiger partial charge in [0.1, 0.15) is 0 Å². The number of fused-ring (bicyclic) bond motifs is 4. The van der Waals surface area contributed by atoms with Crippen molar-refractivity contribution in [1.82, 2.24) is 4.98 Å². The average Bonchev–Trinajstić information content (AvgIpc) is 2.36. The van der Waals surface area contributed by atoms with Gasteiger partial charge in [0.15, 0.2) is 0 Å². The molecule has 1 aromatic heterocycles. The van der Waals surface area contributed by atoms with E-state index in [1.165, 1.54) is 11.6 Å². The molecule has 0 saturated carbocycles. The van der Waals surface area contributed by atoms with Crippen molar-refractivity contribution >= 4 is 5.97 Å². The Morgan fingerprint density at radius 3 is 3.00 bits per heavy atom. The van der Waals surface area contributed by atoms with Gasteiger partial charge in [0.2, 0.25) is 5.56 Å². The Morgan fingerprint density at radius 1 is 1.45 bits per heavy atom. The first-order valence-corrected chi connectivity index (χ1v) is 7.19. The molecular weight excluding hydrogens is 254 g/mol. The molecule has 1 aromatic rings. The van der Waals surface area contributed by atoms with E-state index in [9.17, 15) is 9.59 Å². The Labute approximate surface area is 117 Å². The van der Waals surface area contributed by atoms with E-state index < -0.39 is 0 Å². The number of nitrogens with one attached hydrogen (secondary N) is 1. The van der Waals surface area contributed by atoms with Crippen LogP contribution in [0.5, 0.6) is 0 Å². The molecule has 0 amide bonds. The largest absolute Gasteiger partial charge is 0.462 e. The van der Waals surface area contributed by atoms with Gasteiger partial charge in [-0.05, 0) is 50.5 Å². The van der Waals surface area contributed by atoms with E-state index in [-0.39, 0.29) is 11.5 Å². The molecule has 1 heterocycles. The molecule has 2 aliphatic rings. The Balaban J connectivity index is 2.11. The van der Waals surface area contributed by atoms with Crippen molar-refractivity contribution < 1.29 is 9.53 Å². The lowest BCUT2D eigenvalue weighted by Gasteiger charge is -2.35. The summed E-state index contributed by atoms with van der Waals surface area (Å²) < 4.78 is 5.11. The molecule has 0 spiro atoms. The van der Waals surface area contributed by atoms with Crippen molar-refractivity contribution in [3.05, 3.63) is 44.9 Å². The third-order valence-electron chi connectivity index (χ3n) is 4.21. The Morgan fingerprint density at radius 2 is 2.25 bits per heavy atom. The summed E-state index contributed by atoms with van der Waals surface area (Å²) in [5.74, 6) is 0.430. The molecule has 20 heavy (non-hydrogen) atoms. The molecule has 2 aliphatic carbocycles. The SMILES string of the molecule is CCOC(=O)c1cc(=O)[nH]c2c1[C@H]1CC(C)=C[C@@H](C2)C1. The number of aromatic nitrogens is 1. The molecule has 4 heteroatoms. The maximum absolute atomic E-state index is 12.1. The molecule has 0 radical (unpaired) electrons. The number of allylic oxidation sites excluding steroid dienone is 2. The second-order valence-electron chi connectivity index (χ2n) is 5.77. The van der Waals surface area contributed by atoms with Crippen LogP contribution in [-0.4, -0.2) is 17.6 Å². The number of H-pyrrole nitrogens is 1. The maximum atomic E-state index is 12.1. The Hall–Kier alpha value is -1.84. The van der Waals surface area contributed by atoms with Gasteiger partial charge in [0.05, 0.1) is 12.2 Å². The second-order valence-corrected chi connectivity index (χ2v) is 5.77. The molecule has 0 aromatic carbocycles. The predicted octanol–water partition coefficient (Wildman–Crippen LogP) is 2.55. The highest BCUT2D eigenvalue weighted by Crippen LogP contribution is 2.43. The Bertz CT molecular complexity index is 642. The van der Waals surface area contributed by atoms with Crippen LogP contribution >= 0.6 is 0 Å². The van der Waals surface area contributed by atoms with E-state index in [2.05, 4.69) is 18.0 Å². The summed E-state index contributed by atoms with van der Waals surface area (Å²) in [5, 5.41) is 0. The lowest BCUT2D eigenvalue weighted by atomic mass is 9.71. The van der Waals surface area contributed by atoms with Gasteiger partial charge < -0.3 is 9.72 Å². The quantitative estimate of drug-likeness (QED) is 0.665. The van der Waals surface area contributed by atoms with Crippen molar-refractivity contribution in [2.45, 2.75) is 39.0 Å². The standard InChI is InChI=1S/C16H19NO3/c1-3-20-16(19)12-8-14(18)17-13-7-10-4-9(2)5-11(6-10)15(12)13/h4,8,10-11H,3,5-7H2,1-2H3,(H,17,18)/t10-,11+/m1/s1. The van der Waals surface area contributed by atoms with Crippen molar-refractivity contribution in [3.63, 3.8) is 0 Å². The highest BCUT2D eigenvalue weighted by molar-refractivity contribution is 5.91. The number of aromatic amines is 1. The van der Waals surface area contributed by atoms with Gasteiger partial charge >= 0.3 is 5.97 Å². The summed E-state index contributed by atoms with van der Waals surface area (Å²) in [6.07, 6.45) is 5.13. The van der Waals surface area contributed by atoms with Crippen LogP contribution in [0.1, 0.15) is 54.2 Å². The van der Waals surface area contributed by atoms with Gasteiger partial charge in [0, 0.05) is 11.8 Å². The van der Waals surface area contributed by atoms with E-state index in [0.29, 0.717) is 24.0 Å². The lowest BCUT2D eigenvalue weighted by molar-refractivity contribution is 0.0523. The van der Waals surface area contributed by atoms with Crippen molar-refractivity contribution in [2.24, 2.45) is 5.92 Å². The van der Waals surface area contributed by atoms with Crippen LogP contribution < -0.4 is 5.56 Å². The fraction of sp³-hybridized carbons (Fsp3) is 0.500. The fourth-order valence-electron chi connectivity index (χ4n) is 3.63. The van der Waals surface area contributed by atoms with Crippen LogP contribution in [0.4, 0.5) is 0 Å². The normalized spacial score (nSPS) is 23.8. The summed E-state index contributed by atoms with van der Waals surface area (Å²) >= 11 is 0. The minimum absolute atomic E-state index is 0.215. The van der Waals surface area contributed by atoms with Gasteiger partial charge in [-0.15, -0.1) is 0 Å². The van der Waals surface area contributed by atoms with Gasteiger partial charge in [-0.1, -0.05) is 11.6 Å². The summed E-state index contributed by atoms with van der Waals surface area (Å²) in [6.45, 7) is 4.24. The van der Waals surface area contributed by atoms with Crippen LogP contribution in [-0.2, 0) is 11.2 Å². The molecule has 4 nitrogen and oxygen atoms in total. The maximum Gasteiger partial charge on any atom is 0.338 e. The smallest absolute Gasteiger partial charge is 0.338 e. The zero-order valence-corrected chi connectivity index (χ0v) is 11.9. The Kier molecular flexibility index (Phi) is 3.24. The molecule has 0 saturated heterocycles. The number of esters is 1. The first-order chi connectivity index (χ1) is 9.58. The first kappa shape index (κ1) is 13.2. The molecule has 1 N–H and O–H groups in total. The summed E-state index contributed by atoms with van der Waals surface area (Å²) in [4.78, 5) is 26.8. The molecule has 2 atom stereocenters. The van der Waals surface area contributed by atoms with Gasteiger partial charge in [-0.2, -0.15) is 0 Å². The molecule has 106 valence electrons. The van der Waals surface area contributed by atoms with E-state index in [0.717, 1.165) is 30.5 Å². The number of carbonyl (C=O) groups is 1. The second kappa shape index (κ2) is 4.93. The number of carbonyl (C=O) groups excluding carboxylic acids is 1. The first-order valence-electron chi connectivity index (χ1n) is 7.19.